The Morgan fingerprint density at radius 3 is 2.50 bits per heavy atom. The van der Waals surface area contributed by atoms with Crippen LogP contribution in [0.2, 0.25) is 0 Å². The summed E-state index contributed by atoms with van der Waals surface area (Å²) >= 11 is 0. The maximum Gasteiger partial charge on any atom is 0.254 e. The van der Waals surface area contributed by atoms with Gasteiger partial charge >= 0.3 is 0 Å². The standard InChI is InChI=1S/C14H21N3O6S/c1-22-11-2-4-12(5-3-11)24(20,21)16-13(10-18)14(19)15-17-6-8-23-9-7-17/h2-5,13,16,18H,6-10H2,1H3,(H,15,19). The van der Waals surface area contributed by atoms with Crippen molar-refractivity contribution < 1.29 is 27.8 Å². The van der Waals surface area contributed by atoms with E-state index in [2.05, 4.69) is 10.1 Å². The lowest BCUT2D eigenvalue weighted by Crippen LogP contribution is -2.56. The molecule has 0 aliphatic carbocycles. The second kappa shape index (κ2) is 8.40. The molecule has 10 heteroatoms. The van der Waals surface area contributed by atoms with Gasteiger partial charge in [0.2, 0.25) is 10.0 Å². The van der Waals surface area contributed by atoms with E-state index in [1.54, 1.807) is 5.01 Å². The van der Waals surface area contributed by atoms with Crippen molar-refractivity contribution >= 4 is 15.9 Å². The van der Waals surface area contributed by atoms with Gasteiger partial charge in [-0.15, -0.1) is 0 Å². The monoisotopic (exact) mass is 359 g/mol. The fourth-order valence-corrected chi connectivity index (χ4v) is 3.28. The van der Waals surface area contributed by atoms with E-state index in [9.17, 15) is 18.3 Å². The summed E-state index contributed by atoms with van der Waals surface area (Å²) in [6.07, 6.45) is 0. The zero-order chi connectivity index (χ0) is 17.6. The lowest BCUT2D eigenvalue weighted by Gasteiger charge is -2.28. The molecule has 0 radical (unpaired) electrons. The van der Waals surface area contributed by atoms with Crippen LogP contribution in [0.25, 0.3) is 0 Å². The number of morpholine rings is 1. The number of nitrogens with zero attached hydrogens (tertiary/aromatic N) is 1. The van der Waals surface area contributed by atoms with Crippen LogP contribution in [0.5, 0.6) is 5.75 Å². The molecule has 1 fully saturated rings. The second-order valence-corrected chi connectivity index (χ2v) is 6.82. The number of nitrogens with one attached hydrogen (secondary N) is 2. The zero-order valence-electron chi connectivity index (χ0n) is 13.3. The van der Waals surface area contributed by atoms with Gasteiger partial charge < -0.3 is 14.6 Å². The summed E-state index contributed by atoms with van der Waals surface area (Å²) in [5.41, 5.74) is 2.57. The van der Waals surface area contributed by atoms with Crippen LogP contribution < -0.4 is 14.9 Å². The molecule has 1 amide bonds. The molecule has 134 valence electrons. The Kier molecular flexibility index (Phi) is 6.52. The summed E-state index contributed by atoms with van der Waals surface area (Å²) in [5.74, 6) is -0.116. The van der Waals surface area contributed by atoms with Crippen LogP contribution in [0.1, 0.15) is 0 Å². The van der Waals surface area contributed by atoms with Crippen molar-refractivity contribution in [3.63, 3.8) is 0 Å². The summed E-state index contributed by atoms with van der Waals surface area (Å²) in [5, 5.41) is 11.0. The van der Waals surface area contributed by atoms with E-state index < -0.39 is 28.6 Å². The topological polar surface area (TPSA) is 117 Å². The first kappa shape index (κ1) is 18.6. The highest BCUT2D eigenvalue weighted by Gasteiger charge is 2.26. The van der Waals surface area contributed by atoms with E-state index in [1.807, 2.05) is 0 Å². The minimum absolute atomic E-state index is 0.0269. The number of aliphatic hydroxyl groups is 1. The predicted molar refractivity (Wildman–Crippen MR) is 84.7 cm³/mol. The molecule has 9 nitrogen and oxygen atoms in total. The largest absolute Gasteiger partial charge is 0.497 e. The van der Waals surface area contributed by atoms with Crippen LogP contribution in [-0.4, -0.2) is 70.5 Å². The Morgan fingerprint density at radius 1 is 1.33 bits per heavy atom. The van der Waals surface area contributed by atoms with Gasteiger partial charge in [-0.05, 0) is 24.3 Å². The molecule has 1 heterocycles. The molecule has 0 aromatic heterocycles. The molecule has 1 atom stereocenters. The van der Waals surface area contributed by atoms with Gasteiger partial charge in [0, 0.05) is 13.1 Å². The van der Waals surface area contributed by atoms with Crippen LogP contribution in [0.4, 0.5) is 0 Å². The summed E-state index contributed by atoms with van der Waals surface area (Å²) in [4.78, 5) is 12.1. The number of hydrogen-bond donors (Lipinski definition) is 3. The predicted octanol–water partition coefficient (Wildman–Crippen LogP) is -1.30. The van der Waals surface area contributed by atoms with Crippen LogP contribution in [-0.2, 0) is 19.6 Å². The fraction of sp³-hybridized carbons (Fsp3) is 0.500. The Labute approximate surface area is 140 Å². The Bertz CT molecular complexity index is 643. The summed E-state index contributed by atoms with van der Waals surface area (Å²) < 4.78 is 37.0. The second-order valence-electron chi connectivity index (χ2n) is 5.11. The van der Waals surface area contributed by atoms with Crippen molar-refractivity contribution in [1.82, 2.24) is 15.2 Å². The van der Waals surface area contributed by atoms with Crippen molar-refractivity contribution in [2.45, 2.75) is 10.9 Å². The van der Waals surface area contributed by atoms with Crippen LogP contribution in [0, 0.1) is 0 Å². The number of sulfonamides is 1. The number of hydrogen-bond acceptors (Lipinski definition) is 7. The number of carbonyl (C=O) groups is 1. The molecule has 3 N–H and O–H groups in total. The van der Waals surface area contributed by atoms with E-state index >= 15 is 0 Å². The molecule has 1 saturated heterocycles. The van der Waals surface area contributed by atoms with Crippen molar-refractivity contribution in [2.75, 3.05) is 40.0 Å². The zero-order valence-corrected chi connectivity index (χ0v) is 14.1. The maximum atomic E-state index is 12.3. The summed E-state index contributed by atoms with van der Waals surface area (Å²) in [6.45, 7) is 1.28. The van der Waals surface area contributed by atoms with Gasteiger partial charge in [-0.25, -0.2) is 13.4 Å². The lowest BCUT2D eigenvalue weighted by atomic mass is 10.3. The first-order valence-electron chi connectivity index (χ1n) is 7.36. The number of amides is 1. The van der Waals surface area contributed by atoms with Crippen molar-refractivity contribution in [2.24, 2.45) is 0 Å². The number of aliphatic hydroxyl groups excluding tert-OH is 1. The molecule has 1 aromatic carbocycles. The minimum atomic E-state index is -3.95. The van der Waals surface area contributed by atoms with Gasteiger partial charge in [-0.2, -0.15) is 4.72 Å². The number of rotatable bonds is 7. The Balaban J connectivity index is 2.02. The molecule has 0 spiro atoms. The molecular formula is C14H21N3O6S. The van der Waals surface area contributed by atoms with Gasteiger partial charge in [0.15, 0.2) is 0 Å². The number of carbonyl (C=O) groups excluding carboxylic acids is 1. The van der Waals surface area contributed by atoms with Gasteiger partial charge in [0.25, 0.3) is 5.91 Å². The van der Waals surface area contributed by atoms with Gasteiger partial charge in [-0.3, -0.25) is 10.2 Å². The third-order valence-electron chi connectivity index (χ3n) is 3.45. The average molecular weight is 359 g/mol. The number of ether oxygens (including phenoxy) is 2. The first-order valence-corrected chi connectivity index (χ1v) is 8.85. The molecule has 1 aliphatic rings. The smallest absolute Gasteiger partial charge is 0.254 e. The van der Waals surface area contributed by atoms with Gasteiger partial charge in [0.1, 0.15) is 11.8 Å². The molecule has 1 unspecified atom stereocenters. The normalized spacial score (nSPS) is 17.2. The molecule has 0 bridgehead atoms. The van der Waals surface area contributed by atoms with Crippen molar-refractivity contribution in [1.29, 1.82) is 0 Å². The molecule has 1 aliphatic heterocycles. The van der Waals surface area contributed by atoms with Gasteiger partial charge in [0.05, 0.1) is 31.8 Å². The van der Waals surface area contributed by atoms with Gasteiger partial charge in [-0.1, -0.05) is 0 Å². The average Bonchev–Trinajstić information content (AvgIpc) is 2.60. The first-order chi connectivity index (χ1) is 11.5. The highest BCUT2D eigenvalue weighted by Crippen LogP contribution is 2.15. The molecule has 1 aromatic rings. The summed E-state index contributed by atoms with van der Waals surface area (Å²) in [7, 11) is -2.48. The summed E-state index contributed by atoms with van der Waals surface area (Å²) in [6, 6.07) is 4.41. The third kappa shape index (κ3) is 4.89. The van der Waals surface area contributed by atoms with Crippen molar-refractivity contribution in [3.8, 4) is 5.75 Å². The SMILES string of the molecule is COc1ccc(S(=O)(=O)NC(CO)C(=O)NN2CCOCC2)cc1. The lowest BCUT2D eigenvalue weighted by molar-refractivity contribution is -0.130. The van der Waals surface area contributed by atoms with E-state index in [0.29, 0.717) is 32.1 Å². The number of benzene rings is 1. The number of hydrazine groups is 1. The molecule has 0 saturated carbocycles. The maximum absolute atomic E-state index is 12.3. The third-order valence-corrected chi connectivity index (χ3v) is 4.93. The Morgan fingerprint density at radius 2 is 1.96 bits per heavy atom. The molecule has 24 heavy (non-hydrogen) atoms. The highest BCUT2D eigenvalue weighted by molar-refractivity contribution is 7.89. The Hall–Kier alpha value is -1.72. The van der Waals surface area contributed by atoms with E-state index in [4.69, 9.17) is 9.47 Å². The quantitative estimate of drug-likeness (QED) is 0.554. The van der Waals surface area contributed by atoms with Crippen LogP contribution in [0.15, 0.2) is 29.2 Å². The van der Waals surface area contributed by atoms with Crippen LogP contribution in [0.3, 0.4) is 0 Å². The van der Waals surface area contributed by atoms with E-state index in [0.717, 1.165) is 0 Å². The van der Waals surface area contributed by atoms with Crippen LogP contribution >= 0.6 is 0 Å². The molecular weight excluding hydrogens is 338 g/mol. The minimum Gasteiger partial charge on any atom is -0.497 e. The van der Waals surface area contributed by atoms with E-state index in [-0.39, 0.29) is 4.90 Å². The molecule has 2 rings (SSSR count). The highest BCUT2D eigenvalue weighted by atomic mass is 32.2. The van der Waals surface area contributed by atoms with Crippen molar-refractivity contribution in [3.05, 3.63) is 24.3 Å². The van der Waals surface area contributed by atoms with E-state index in [1.165, 1.54) is 31.4 Å². The number of methoxy groups -OCH3 is 1. The fourth-order valence-electron chi connectivity index (χ4n) is 2.09.